The van der Waals surface area contributed by atoms with Crippen molar-refractivity contribution in [2.24, 2.45) is 0 Å². The highest BCUT2D eigenvalue weighted by Gasteiger charge is 2.18. The predicted molar refractivity (Wildman–Crippen MR) is 179 cm³/mol. The van der Waals surface area contributed by atoms with E-state index in [1.165, 1.54) is 7.11 Å². The summed E-state index contributed by atoms with van der Waals surface area (Å²) in [6, 6.07) is 19.9. The molecule has 0 radical (unpaired) electrons. The molecule has 4 aromatic carbocycles. The molecule has 240 valence electrons. The van der Waals surface area contributed by atoms with Gasteiger partial charge < -0.3 is 28.7 Å². The maximum Gasteiger partial charge on any atom is 0.337 e. The minimum atomic E-state index is -0.370. The van der Waals surface area contributed by atoms with E-state index >= 15 is 0 Å². The fraction of sp³-hybridized carbons (Fsp3) is 0.405. The van der Waals surface area contributed by atoms with Gasteiger partial charge >= 0.3 is 5.97 Å². The van der Waals surface area contributed by atoms with Crippen molar-refractivity contribution in [3.63, 3.8) is 0 Å². The maximum absolute atomic E-state index is 12.3. The maximum atomic E-state index is 12.3. The molecule has 0 bridgehead atoms. The summed E-state index contributed by atoms with van der Waals surface area (Å²) >= 11 is 0. The van der Waals surface area contributed by atoms with E-state index in [2.05, 4.69) is 55.7 Å². The Bertz CT molecular complexity index is 1580. The van der Waals surface area contributed by atoms with Crippen LogP contribution in [-0.4, -0.2) is 81.8 Å². The van der Waals surface area contributed by atoms with E-state index in [1.807, 2.05) is 36.4 Å². The molecule has 8 heteroatoms. The lowest BCUT2D eigenvalue weighted by Gasteiger charge is -2.22. The Hall–Kier alpha value is -4.14. The zero-order chi connectivity index (χ0) is 32.2. The van der Waals surface area contributed by atoms with Crippen molar-refractivity contribution in [1.29, 1.82) is 0 Å². The third kappa shape index (κ3) is 8.53. The third-order valence-electron chi connectivity index (χ3n) is 8.45. The lowest BCUT2D eigenvalue weighted by atomic mass is 9.92. The van der Waals surface area contributed by atoms with E-state index in [4.69, 9.17) is 18.9 Å². The highest BCUT2D eigenvalue weighted by atomic mass is 16.5. The van der Waals surface area contributed by atoms with Crippen LogP contribution in [0.5, 0.6) is 11.5 Å². The van der Waals surface area contributed by atoms with Gasteiger partial charge in [-0.25, -0.2) is 4.79 Å². The normalized spacial score (nSPS) is 11.4. The number of carbonyl (C=O) groups is 2. The number of esters is 1. The number of hydrogen-bond donors (Lipinski definition) is 0. The first-order valence-corrected chi connectivity index (χ1v) is 15.9. The van der Waals surface area contributed by atoms with Crippen LogP contribution >= 0.6 is 0 Å². The van der Waals surface area contributed by atoms with Crippen molar-refractivity contribution in [3.8, 4) is 11.5 Å². The summed E-state index contributed by atoms with van der Waals surface area (Å²) in [6.07, 6.45) is 0.553. The van der Waals surface area contributed by atoms with Gasteiger partial charge in [0.2, 0.25) is 0 Å². The predicted octanol–water partition coefficient (Wildman–Crippen LogP) is 6.48. The summed E-state index contributed by atoms with van der Waals surface area (Å²) in [6.45, 7) is 15.9. The van der Waals surface area contributed by atoms with Crippen molar-refractivity contribution in [1.82, 2.24) is 9.80 Å². The first-order chi connectivity index (χ1) is 22.0. The second-order valence-electron chi connectivity index (χ2n) is 10.9. The van der Waals surface area contributed by atoms with E-state index in [0.717, 1.165) is 89.0 Å². The first kappa shape index (κ1) is 33.7. The minimum absolute atomic E-state index is 0.216. The van der Waals surface area contributed by atoms with E-state index in [-0.39, 0.29) is 12.6 Å². The van der Waals surface area contributed by atoms with Gasteiger partial charge in [0.05, 0.1) is 12.7 Å². The smallest absolute Gasteiger partial charge is 0.337 e. The van der Waals surface area contributed by atoms with Crippen molar-refractivity contribution in [2.75, 3.05) is 59.6 Å². The molecule has 0 aliphatic heterocycles. The first-order valence-electron chi connectivity index (χ1n) is 15.9. The summed E-state index contributed by atoms with van der Waals surface area (Å²) in [5.41, 5.74) is 3.49. The zero-order valence-corrected chi connectivity index (χ0v) is 27.3. The molecule has 0 amide bonds. The number of fused-ring (bicyclic) bond motifs is 2. The molecule has 8 nitrogen and oxygen atoms in total. The van der Waals surface area contributed by atoms with Gasteiger partial charge in [-0.1, -0.05) is 58.0 Å². The molecule has 0 aliphatic rings. The van der Waals surface area contributed by atoms with Gasteiger partial charge in [0, 0.05) is 30.6 Å². The lowest BCUT2D eigenvalue weighted by molar-refractivity contribution is -0.129. The molecule has 0 N–H and O–H groups in total. The Morgan fingerprint density at radius 3 is 1.76 bits per heavy atom. The highest BCUT2D eigenvalue weighted by Crippen LogP contribution is 2.37. The topological polar surface area (TPSA) is 77.5 Å². The van der Waals surface area contributed by atoms with Gasteiger partial charge in [0.15, 0.2) is 0 Å². The molecule has 0 heterocycles. The molecule has 0 spiro atoms. The Morgan fingerprint density at radius 2 is 1.24 bits per heavy atom. The number of rotatable bonds is 18. The Morgan fingerprint density at radius 1 is 0.711 bits per heavy atom. The Labute approximate surface area is 266 Å². The fourth-order valence-corrected chi connectivity index (χ4v) is 5.72. The van der Waals surface area contributed by atoms with Gasteiger partial charge in [-0.15, -0.1) is 0 Å². The van der Waals surface area contributed by atoms with Crippen LogP contribution in [0.25, 0.3) is 21.5 Å². The van der Waals surface area contributed by atoms with Crippen LogP contribution in [0.4, 0.5) is 0 Å². The van der Waals surface area contributed by atoms with Crippen LogP contribution in [0, 0.1) is 0 Å². The van der Waals surface area contributed by atoms with E-state index in [1.54, 1.807) is 6.07 Å². The molecule has 4 aromatic rings. The highest BCUT2D eigenvalue weighted by molar-refractivity contribution is 5.97. The van der Waals surface area contributed by atoms with Crippen molar-refractivity contribution >= 4 is 34.0 Å². The van der Waals surface area contributed by atoms with Gasteiger partial charge in [0.1, 0.15) is 31.3 Å². The molecular formula is C37H46N2O6. The molecule has 0 fully saturated rings. The molecule has 0 aliphatic carbocycles. The van der Waals surface area contributed by atoms with Gasteiger partial charge in [-0.2, -0.15) is 0 Å². The molecule has 0 aromatic heterocycles. The monoisotopic (exact) mass is 614 g/mol. The molecule has 0 saturated heterocycles. The number of methoxy groups -OCH3 is 1. The molecular weight excluding hydrogens is 568 g/mol. The lowest BCUT2D eigenvalue weighted by Crippen LogP contribution is -2.28. The van der Waals surface area contributed by atoms with Crippen molar-refractivity contribution < 1.29 is 28.5 Å². The molecule has 0 atom stereocenters. The quantitative estimate of drug-likeness (QED) is 0.0931. The second-order valence-corrected chi connectivity index (χ2v) is 10.9. The van der Waals surface area contributed by atoms with Gasteiger partial charge in [-0.3, -0.25) is 4.79 Å². The van der Waals surface area contributed by atoms with E-state index in [0.29, 0.717) is 31.7 Å². The van der Waals surface area contributed by atoms with Crippen molar-refractivity contribution in [2.45, 2.75) is 40.7 Å². The van der Waals surface area contributed by atoms with Crippen LogP contribution in [0.2, 0.25) is 0 Å². The summed E-state index contributed by atoms with van der Waals surface area (Å²) in [5, 5.41) is 4.03. The van der Waals surface area contributed by atoms with Crippen molar-refractivity contribution in [3.05, 3.63) is 82.9 Å². The fourth-order valence-electron chi connectivity index (χ4n) is 5.72. The van der Waals surface area contributed by atoms with Crippen LogP contribution in [0.15, 0.2) is 60.7 Å². The van der Waals surface area contributed by atoms with Crippen LogP contribution < -0.4 is 9.47 Å². The molecule has 45 heavy (non-hydrogen) atoms. The second kappa shape index (κ2) is 16.8. The summed E-state index contributed by atoms with van der Waals surface area (Å²) in [5.74, 6) is 1.26. The van der Waals surface area contributed by atoms with E-state index in [9.17, 15) is 9.59 Å². The van der Waals surface area contributed by atoms with Gasteiger partial charge in [-0.05, 0) is 83.6 Å². The van der Waals surface area contributed by atoms with Gasteiger partial charge in [0.25, 0.3) is 6.47 Å². The average Bonchev–Trinajstić information content (AvgIpc) is 3.08. The standard InChI is InChI=1S/C37H46N2O6/c1-6-38(7-2)18-20-44-35-16-12-28-22-27(25-43-26-40)10-14-31(28)33(35)24-34-32-15-11-30(37(41)42-5)23-29(32)13-17-36(34)45-21-19-39(8-3)9-4/h10-17,22-23,26H,6-9,18-21,24-25H2,1-5H3. The number of carbonyl (C=O) groups excluding carboxylic acids is 2. The number of ether oxygens (including phenoxy) is 4. The number of hydrogen-bond acceptors (Lipinski definition) is 8. The zero-order valence-electron chi connectivity index (χ0n) is 27.3. The largest absolute Gasteiger partial charge is 0.492 e. The van der Waals surface area contributed by atoms with Crippen LogP contribution in [0.3, 0.4) is 0 Å². The minimum Gasteiger partial charge on any atom is -0.492 e. The van der Waals surface area contributed by atoms with Crippen LogP contribution in [-0.2, 0) is 27.3 Å². The summed E-state index contributed by atoms with van der Waals surface area (Å²) in [7, 11) is 1.39. The average molecular weight is 615 g/mol. The Kier molecular flexibility index (Phi) is 12.6. The Balaban J connectivity index is 1.81. The molecule has 0 saturated carbocycles. The molecule has 0 unspecified atom stereocenters. The van der Waals surface area contributed by atoms with E-state index < -0.39 is 0 Å². The SMILES string of the molecule is CCN(CC)CCOc1ccc2cc(COC=O)ccc2c1Cc1c(OCCN(CC)CC)ccc2cc(C(=O)OC)ccc12. The van der Waals surface area contributed by atoms with Crippen LogP contribution in [0.1, 0.15) is 54.7 Å². The number of nitrogens with zero attached hydrogens (tertiary/aromatic N) is 2. The number of likely N-dealkylation sites (N-methyl/N-ethyl adjacent to an activating group) is 2. The third-order valence-corrected chi connectivity index (χ3v) is 8.45. The summed E-state index contributed by atoms with van der Waals surface area (Å²) in [4.78, 5) is 27.8. The summed E-state index contributed by atoms with van der Waals surface area (Å²) < 4.78 is 23.0. The number of benzene rings is 4. The molecule has 4 rings (SSSR count).